The van der Waals surface area contributed by atoms with E-state index in [1.54, 1.807) is 0 Å². The van der Waals surface area contributed by atoms with Crippen molar-refractivity contribution in [3.05, 3.63) is 17.5 Å². The lowest BCUT2D eigenvalue weighted by Crippen LogP contribution is -2.27. The number of hydrogen-bond donors (Lipinski definition) is 1. The van der Waals surface area contributed by atoms with Gasteiger partial charge in [-0.15, -0.1) is 0 Å². The molecule has 4 nitrogen and oxygen atoms in total. The van der Waals surface area contributed by atoms with Crippen molar-refractivity contribution in [3.8, 4) is 0 Å². The molecule has 2 unspecified atom stereocenters. The van der Waals surface area contributed by atoms with Gasteiger partial charge >= 0.3 is 0 Å². The number of likely N-dealkylation sites (tertiary alicyclic amines) is 1. The molecule has 4 rings (SSSR count). The average Bonchev–Trinajstić information content (AvgIpc) is 3.15. The Hall–Kier alpha value is -0.870. The number of fused-ring (bicyclic) bond motifs is 1. The Kier molecular flexibility index (Phi) is 3.76. The summed E-state index contributed by atoms with van der Waals surface area (Å²) in [7, 11) is 0. The van der Waals surface area contributed by atoms with Crippen molar-refractivity contribution in [2.24, 2.45) is 11.8 Å². The van der Waals surface area contributed by atoms with Crippen molar-refractivity contribution in [2.45, 2.75) is 51.6 Å². The monoisotopic (exact) mass is 288 g/mol. The van der Waals surface area contributed by atoms with E-state index in [1.807, 2.05) is 0 Å². The molecule has 1 aromatic heterocycles. The van der Waals surface area contributed by atoms with Crippen LogP contribution in [0.4, 0.5) is 0 Å². The normalized spacial score (nSPS) is 30.9. The van der Waals surface area contributed by atoms with Gasteiger partial charge in [0, 0.05) is 19.6 Å². The van der Waals surface area contributed by atoms with Crippen LogP contribution in [0.5, 0.6) is 0 Å². The van der Waals surface area contributed by atoms with Gasteiger partial charge in [-0.05, 0) is 50.8 Å². The van der Waals surface area contributed by atoms with Crippen LogP contribution in [0, 0.1) is 18.8 Å². The van der Waals surface area contributed by atoms with Crippen LogP contribution in [0.25, 0.3) is 0 Å². The van der Waals surface area contributed by atoms with E-state index in [0.717, 1.165) is 18.4 Å². The summed E-state index contributed by atoms with van der Waals surface area (Å²) < 4.78 is 2.38. The van der Waals surface area contributed by atoms with Crippen LogP contribution in [0.1, 0.15) is 49.5 Å². The van der Waals surface area contributed by atoms with Crippen molar-refractivity contribution in [1.82, 2.24) is 20.0 Å². The van der Waals surface area contributed by atoms with Gasteiger partial charge in [-0.25, -0.2) is 0 Å². The van der Waals surface area contributed by atoms with Gasteiger partial charge in [0.2, 0.25) is 0 Å². The molecular formula is C17H28N4. The van der Waals surface area contributed by atoms with E-state index in [0.29, 0.717) is 6.04 Å². The summed E-state index contributed by atoms with van der Waals surface area (Å²) in [4.78, 5) is 2.66. The summed E-state index contributed by atoms with van der Waals surface area (Å²) in [6, 6.07) is 2.98. The molecule has 116 valence electrons. The molecular weight excluding hydrogens is 260 g/mol. The summed E-state index contributed by atoms with van der Waals surface area (Å²) in [5, 5.41) is 8.36. The predicted octanol–water partition coefficient (Wildman–Crippen LogP) is 2.35. The molecule has 0 bridgehead atoms. The summed E-state index contributed by atoms with van der Waals surface area (Å²) in [6.45, 7) is 8.24. The van der Waals surface area contributed by atoms with E-state index in [9.17, 15) is 0 Å². The third-order valence-corrected chi connectivity index (χ3v) is 5.71. The van der Waals surface area contributed by atoms with E-state index in [1.165, 1.54) is 69.7 Å². The number of hydrogen-bond acceptors (Lipinski definition) is 3. The highest BCUT2D eigenvalue weighted by atomic mass is 15.3. The van der Waals surface area contributed by atoms with Crippen LogP contribution in [0.3, 0.4) is 0 Å². The Morgan fingerprint density at radius 1 is 1.14 bits per heavy atom. The minimum Gasteiger partial charge on any atom is -0.316 e. The summed E-state index contributed by atoms with van der Waals surface area (Å²) in [5.74, 6) is 1.77. The fraction of sp³-hybridized carbons (Fsp3) is 0.824. The van der Waals surface area contributed by atoms with Crippen molar-refractivity contribution in [2.75, 3.05) is 26.2 Å². The first-order valence-electron chi connectivity index (χ1n) is 8.77. The minimum atomic E-state index is 0.659. The van der Waals surface area contributed by atoms with Gasteiger partial charge in [-0.1, -0.05) is 19.3 Å². The second kappa shape index (κ2) is 5.73. The summed E-state index contributed by atoms with van der Waals surface area (Å²) in [6.07, 6.45) is 6.81. The first-order valence-corrected chi connectivity index (χ1v) is 8.77. The smallest absolute Gasteiger partial charge is 0.0597 e. The van der Waals surface area contributed by atoms with Crippen molar-refractivity contribution in [1.29, 1.82) is 0 Å². The van der Waals surface area contributed by atoms with Gasteiger partial charge in [0.15, 0.2) is 0 Å². The Morgan fingerprint density at radius 2 is 1.86 bits per heavy atom. The number of aromatic nitrogens is 2. The van der Waals surface area contributed by atoms with Crippen LogP contribution in [0.15, 0.2) is 6.07 Å². The average molecular weight is 288 g/mol. The molecule has 3 fully saturated rings. The summed E-state index contributed by atoms with van der Waals surface area (Å²) >= 11 is 0. The lowest BCUT2D eigenvalue weighted by molar-refractivity contribution is 0.272. The SMILES string of the molecule is Cc1cc(CN2CC3CNCC3C2)n(C2CCCCC2)n1. The molecule has 1 aliphatic carbocycles. The van der Waals surface area contributed by atoms with E-state index in [2.05, 4.69) is 27.9 Å². The second-order valence-corrected chi connectivity index (χ2v) is 7.39. The molecule has 0 amide bonds. The largest absolute Gasteiger partial charge is 0.316 e. The predicted molar refractivity (Wildman–Crippen MR) is 84.2 cm³/mol. The minimum absolute atomic E-state index is 0.659. The number of nitrogens with one attached hydrogen (secondary N) is 1. The molecule has 3 heterocycles. The maximum absolute atomic E-state index is 4.83. The third-order valence-electron chi connectivity index (χ3n) is 5.71. The molecule has 1 N–H and O–H groups in total. The topological polar surface area (TPSA) is 33.1 Å². The van der Waals surface area contributed by atoms with E-state index >= 15 is 0 Å². The van der Waals surface area contributed by atoms with Gasteiger partial charge in [0.25, 0.3) is 0 Å². The van der Waals surface area contributed by atoms with Gasteiger partial charge in [-0.3, -0.25) is 9.58 Å². The molecule has 3 aliphatic rings. The maximum Gasteiger partial charge on any atom is 0.0597 e. The van der Waals surface area contributed by atoms with Crippen molar-refractivity contribution >= 4 is 0 Å². The molecule has 2 saturated heterocycles. The van der Waals surface area contributed by atoms with E-state index < -0.39 is 0 Å². The fourth-order valence-electron chi connectivity index (χ4n) is 4.64. The summed E-state index contributed by atoms with van der Waals surface area (Å²) in [5.41, 5.74) is 2.64. The van der Waals surface area contributed by atoms with E-state index in [4.69, 9.17) is 5.10 Å². The number of aryl methyl sites for hydroxylation is 1. The Morgan fingerprint density at radius 3 is 2.57 bits per heavy atom. The standard InChI is InChI=1S/C17H28N4/c1-13-7-17(21(19-13)16-5-3-2-4-6-16)12-20-10-14-8-18-9-15(14)11-20/h7,14-16,18H,2-6,8-12H2,1H3. The van der Waals surface area contributed by atoms with Crippen molar-refractivity contribution in [3.63, 3.8) is 0 Å². The highest BCUT2D eigenvalue weighted by molar-refractivity contribution is 5.11. The van der Waals surface area contributed by atoms with Gasteiger partial charge in [-0.2, -0.15) is 5.10 Å². The molecule has 2 aliphatic heterocycles. The van der Waals surface area contributed by atoms with Crippen molar-refractivity contribution < 1.29 is 0 Å². The molecule has 1 aromatic rings. The molecule has 4 heteroatoms. The quantitative estimate of drug-likeness (QED) is 0.927. The van der Waals surface area contributed by atoms with Gasteiger partial charge in [0.1, 0.15) is 0 Å². The first-order chi connectivity index (χ1) is 10.3. The fourth-order valence-corrected chi connectivity index (χ4v) is 4.64. The molecule has 0 radical (unpaired) electrons. The second-order valence-electron chi connectivity index (χ2n) is 7.39. The molecule has 0 spiro atoms. The highest BCUT2D eigenvalue weighted by Gasteiger charge is 2.36. The highest BCUT2D eigenvalue weighted by Crippen LogP contribution is 2.31. The zero-order valence-electron chi connectivity index (χ0n) is 13.2. The third kappa shape index (κ3) is 2.76. The van der Waals surface area contributed by atoms with E-state index in [-0.39, 0.29) is 0 Å². The molecule has 1 saturated carbocycles. The zero-order chi connectivity index (χ0) is 14.2. The number of rotatable bonds is 3. The molecule has 0 aromatic carbocycles. The van der Waals surface area contributed by atoms with Gasteiger partial charge < -0.3 is 5.32 Å². The zero-order valence-corrected chi connectivity index (χ0v) is 13.2. The van der Waals surface area contributed by atoms with Crippen LogP contribution in [0.2, 0.25) is 0 Å². The van der Waals surface area contributed by atoms with Crippen LogP contribution < -0.4 is 5.32 Å². The Labute approximate surface area is 127 Å². The maximum atomic E-state index is 4.83. The Balaban J connectivity index is 1.47. The number of nitrogens with zero attached hydrogens (tertiary/aromatic N) is 3. The first kappa shape index (κ1) is 13.8. The molecule has 2 atom stereocenters. The van der Waals surface area contributed by atoms with Crippen LogP contribution >= 0.6 is 0 Å². The van der Waals surface area contributed by atoms with Gasteiger partial charge in [0.05, 0.1) is 17.4 Å². The van der Waals surface area contributed by atoms with Crippen LogP contribution in [-0.2, 0) is 6.54 Å². The lowest BCUT2D eigenvalue weighted by Gasteiger charge is -2.25. The van der Waals surface area contributed by atoms with Crippen LogP contribution in [-0.4, -0.2) is 40.9 Å². The lowest BCUT2D eigenvalue weighted by atomic mass is 9.95. The molecule has 21 heavy (non-hydrogen) atoms. The Bertz CT molecular complexity index is 477.